The van der Waals surface area contributed by atoms with E-state index < -0.39 is 0 Å². The summed E-state index contributed by atoms with van der Waals surface area (Å²) in [4.78, 5) is 24.9. The fourth-order valence-corrected chi connectivity index (χ4v) is 2.60. The maximum Gasteiger partial charge on any atom is 0.278 e. The second kappa shape index (κ2) is 7.45. The molecule has 0 aliphatic carbocycles. The van der Waals surface area contributed by atoms with E-state index in [1.54, 1.807) is 31.2 Å². The smallest absolute Gasteiger partial charge is 0.278 e. The van der Waals surface area contributed by atoms with Gasteiger partial charge < -0.3 is 0 Å². The number of carbonyl (C=O) groups excluding carboxylic acids is 1. The SMILES string of the molecule is CCCCCCn1[nH]c(C)c(C(=O)c2ccc(Cl)cc2)c1=O. The molecule has 118 valence electrons. The lowest BCUT2D eigenvalue weighted by molar-refractivity contribution is 0.103. The lowest BCUT2D eigenvalue weighted by Gasteiger charge is -2.00. The Kier molecular flexibility index (Phi) is 5.61. The molecule has 1 aromatic heterocycles. The van der Waals surface area contributed by atoms with E-state index in [0.717, 1.165) is 25.7 Å². The summed E-state index contributed by atoms with van der Waals surface area (Å²) < 4.78 is 1.54. The minimum atomic E-state index is -0.261. The lowest BCUT2D eigenvalue weighted by Crippen LogP contribution is -2.22. The Balaban J connectivity index is 2.21. The van der Waals surface area contributed by atoms with Gasteiger partial charge >= 0.3 is 0 Å². The van der Waals surface area contributed by atoms with E-state index in [-0.39, 0.29) is 16.9 Å². The van der Waals surface area contributed by atoms with E-state index in [4.69, 9.17) is 11.6 Å². The molecule has 5 heteroatoms. The first-order valence-corrected chi connectivity index (χ1v) is 8.02. The molecule has 2 rings (SSSR count). The quantitative estimate of drug-likeness (QED) is 0.620. The zero-order valence-electron chi connectivity index (χ0n) is 13.0. The van der Waals surface area contributed by atoms with Gasteiger partial charge in [-0.1, -0.05) is 37.8 Å². The van der Waals surface area contributed by atoms with E-state index in [2.05, 4.69) is 12.0 Å². The van der Waals surface area contributed by atoms with Gasteiger partial charge in [0.1, 0.15) is 5.56 Å². The number of nitrogens with zero attached hydrogens (tertiary/aromatic N) is 1. The number of aromatic amines is 1. The fraction of sp³-hybridized carbons (Fsp3) is 0.412. The third-order valence-electron chi connectivity index (χ3n) is 3.71. The number of carbonyl (C=O) groups is 1. The van der Waals surface area contributed by atoms with Crippen LogP contribution < -0.4 is 5.56 Å². The number of nitrogens with one attached hydrogen (secondary N) is 1. The Morgan fingerprint density at radius 2 is 1.86 bits per heavy atom. The summed E-state index contributed by atoms with van der Waals surface area (Å²) >= 11 is 5.83. The number of halogens is 1. The maximum absolute atomic E-state index is 12.5. The van der Waals surface area contributed by atoms with Crippen molar-refractivity contribution in [1.82, 2.24) is 9.78 Å². The van der Waals surface area contributed by atoms with E-state index in [9.17, 15) is 9.59 Å². The molecule has 0 bridgehead atoms. The number of rotatable bonds is 7. The molecule has 1 aromatic carbocycles. The monoisotopic (exact) mass is 320 g/mol. The van der Waals surface area contributed by atoms with Gasteiger partial charge in [0.25, 0.3) is 5.56 Å². The van der Waals surface area contributed by atoms with Crippen LogP contribution in [0.2, 0.25) is 5.02 Å². The molecular weight excluding hydrogens is 300 g/mol. The number of unbranched alkanes of at least 4 members (excludes halogenated alkanes) is 3. The second-order valence-corrected chi connectivity index (χ2v) is 5.90. The van der Waals surface area contributed by atoms with Crippen molar-refractivity contribution in [3.05, 3.63) is 56.5 Å². The molecule has 4 nitrogen and oxygen atoms in total. The van der Waals surface area contributed by atoms with E-state index >= 15 is 0 Å². The van der Waals surface area contributed by atoms with Crippen molar-refractivity contribution in [3.8, 4) is 0 Å². The van der Waals surface area contributed by atoms with Crippen LogP contribution in [-0.4, -0.2) is 15.6 Å². The molecule has 1 heterocycles. The van der Waals surface area contributed by atoms with Gasteiger partial charge in [0.05, 0.1) is 0 Å². The Morgan fingerprint density at radius 3 is 2.50 bits per heavy atom. The topological polar surface area (TPSA) is 54.9 Å². The van der Waals surface area contributed by atoms with Gasteiger partial charge in [0, 0.05) is 22.8 Å². The first-order chi connectivity index (χ1) is 10.5. The molecule has 0 unspecified atom stereocenters. The van der Waals surface area contributed by atoms with Crippen LogP contribution in [0.4, 0.5) is 0 Å². The van der Waals surface area contributed by atoms with Crippen molar-refractivity contribution in [2.45, 2.75) is 46.1 Å². The summed E-state index contributed by atoms with van der Waals surface area (Å²) in [7, 11) is 0. The van der Waals surface area contributed by atoms with Crippen LogP contribution >= 0.6 is 11.6 Å². The number of aromatic nitrogens is 2. The standard InChI is InChI=1S/C17H21ClN2O2/c1-3-4-5-6-11-20-17(22)15(12(2)19-20)16(21)13-7-9-14(18)10-8-13/h7-10,19H,3-6,11H2,1-2H3. The molecule has 1 N–H and O–H groups in total. The minimum Gasteiger partial charge on any atom is -0.299 e. The maximum atomic E-state index is 12.5. The van der Waals surface area contributed by atoms with Crippen LogP contribution in [0.1, 0.15) is 54.2 Å². The number of H-pyrrole nitrogens is 1. The summed E-state index contributed by atoms with van der Waals surface area (Å²) in [6.45, 7) is 4.52. The van der Waals surface area contributed by atoms with Gasteiger partial charge in [-0.05, 0) is 37.6 Å². The summed E-state index contributed by atoms with van der Waals surface area (Å²) in [5.41, 5.74) is 1.06. The van der Waals surface area contributed by atoms with Gasteiger partial charge in [-0.2, -0.15) is 0 Å². The summed E-state index contributed by atoms with van der Waals surface area (Å²) in [6, 6.07) is 6.59. The Labute approximate surface area is 135 Å². The molecule has 0 aliphatic rings. The first kappa shape index (κ1) is 16.6. The Morgan fingerprint density at radius 1 is 1.18 bits per heavy atom. The van der Waals surface area contributed by atoms with Crippen LogP contribution in [0, 0.1) is 6.92 Å². The van der Waals surface area contributed by atoms with Crippen LogP contribution in [0.3, 0.4) is 0 Å². The predicted octanol–water partition coefficient (Wildman–Crippen LogP) is 3.95. The molecule has 2 aromatic rings. The highest BCUT2D eigenvalue weighted by Gasteiger charge is 2.19. The van der Waals surface area contributed by atoms with Gasteiger partial charge in [-0.15, -0.1) is 0 Å². The van der Waals surface area contributed by atoms with Crippen LogP contribution in [0.5, 0.6) is 0 Å². The van der Waals surface area contributed by atoms with Crippen molar-refractivity contribution < 1.29 is 4.79 Å². The third-order valence-corrected chi connectivity index (χ3v) is 3.96. The number of benzene rings is 1. The van der Waals surface area contributed by atoms with E-state index in [1.165, 1.54) is 4.68 Å². The highest BCUT2D eigenvalue weighted by atomic mass is 35.5. The number of ketones is 1. The molecule has 0 aliphatic heterocycles. The highest BCUT2D eigenvalue weighted by molar-refractivity contribution is 6.30. The van der Waals surface area contributed by atoms with Gasteiger partial charge in [0.15, 0.2) is 5.78 Å². The van der Waals surface area contributed by atoms with Crippen LogP contribution in [-0.2, 0) is 6.54 Å². The molecule has 0 amide bonds. The van der Waals surface area contributed by atoms with E-state index in [1.807, 2.05) is 0 Å². The average Bonchev–Trinajstić information content (AvgIpc) is 2.78. The van der Waals surface area contributed by atoms with Crippen LogP contribution in [0.15, 0.2) is 29.1 Å². The third kappa shape index (κ3) is 3.69. The minimum absolute atomic E-state index is 0.220. The molecule has 22 heavy (non-hydrogen) atoms. The Bertz CT molecular complexity index is 698. The largest absolute Gasteiger partial charge is 0.299 e. The molecular formula is C17H21ClN2O2. The van der Waals surface area contributed by atoms with Crippen molar-refractivity contribution in [1.29, 1.82) is 0 Å². The average molecular weight is 321 g/mol. The zero-order valence-corrected chi connectivity index (χ0v) is 13.7. The predicted molar refractivity (Wildman–Crippen MR) is 88.8 cm³/mol. The molecule has 0 saturated heterocycles. The molecule has 0 atom stereocenters. The second-order valence-electron chi connectivity index (χ2n) is 5.47. The van der Waals surface area contributed by atoms with Gasteiger partial charge in [-0.3, -0.25) is 19.4 Å². The molecule has 0 spiro atoms. The van der Waals surface area contributed by atoms with Crippen molar-refractivity contribution in [2.75, 3.05) is 0 Å². The zero-order chi connectivity index (χ0) is 16.1. The highest BCUT2D eigenvalue weighted by Crippen LogP contribution is 2.14. The Hall–Kier alpha value is -1.81. The number of hydrogen-bond acceptors (Lipinski definition) is 2. The summed E-state index contributed by atoms with van der Waals surface area (Å²) in [6.07, 6.45) is 4.33. The van der Waals surface area contributed by atoms with Crippen molar-refractivity contribution in [2.24, 2.45) is 0 Å². The normalized spacial score (nSPS) is 10.9. The van der Waals surface area contributed by atoms with Gasteiger partial charge in [-0.25, -0.2) is 0 Å². The number of hydrogen-bond donors (Lipinski definition) is 1. The number of aryl methyl sites for hydroxylation is 2. The summed E-state index contributed by atoms with van der Waals surface area (Å²) in [5.74, 6) is -0.261. The van der Waals surface area contributed by atoms with Crippen molar-refractivity contribution in [3.63, 3.8) is 0 Å². The summed E-state index contributed by atoms with van der Waals surface area (Å²) in [5, 5.41) is 3.57. The lowest BCUT2D eigenvalue weighted by atomic mass is 10.0. The molecule has 0 saturated carbocycles. The molecule has 0 fully saturated rings. The van der Waals surface area contributed by atoms with Crippen molar-refractivity contribution >= 4 is 17.4 Å². The van der Waals surface area contributed by atoms with Gasteiger partial charge in [0.2, 0.25) is 0 Å². The van der Waals surface area contributed by atoms with E-state index in [0.29, 0.717) is 22.8 Å². The first-order valence-electron chi connectivity index (χ1n) is 7.64. The fourth-order valence-electron chi connectivity index (χ4n) is 2.47. The molecule has 0 radical (unpaired) electrons. The van der Waals surface area contributed by atoms with Crippen LogP contribution in [0.25, 0.3) is 0 Å².